The molecule has 2 saturated heterocycles. The summed E-state index contributed by atoms with van der Waals surface area (Å²) in [5.74, 6) is -0.681. The Balaban J connectivity index is 2.00. The fourth-order valence-electron chi connectivity index (χ4n) is 3.37. The van der Waals surface area contributed by atoms with Crippen molar-refractivity contribution in [1.29, 1.82) is 0 Å². The SMILES string of the molecule is CCC1(C(=O)O)CCCN1CC(=O)N1CCCCC1. The molecule has 0 bridgehead atoms. The summed E-state index contributed by atoms with van der Waals surface area (Å²) in [4.78, 5) is 27.6. The van der Waals surface area contributed by atoms with Crippen LogP contribution in [0.25, 0.3) is 0 Å². The maximum atomic E-state index is 12.3. The molecular weight excluding hydrogens is 244 g/mol. The minimum atomic E-state index is -0.814. The first-order valence-corrected chi connectivity index (χ1v) is 7.36. The fraction of sp³-hybridized carbons (Fsp3) is 0.857. The van der Waals surface area contributed by atoms with Gasteiger partial charge in [0.1, 0.15) is 5.54 Å². The highest BCUT2D eigenvalue weighted by Gasteiger charge is 2.46. The average Bonchev–Trinajstić information content (AvgIpc) is 2.83. The van der Waals surface area contributed by atoms with E-state index < -0.39 is 11.5 Å². The lowest BCUT2D eigenvalue weighted by atomic mass is 9.93. The third-order valence-electron chi connectivity index (χ3n) is 4.64. The van der Waals surface area contributed by atoms with Crippen LogP contribution in [0.3, 0.4) is 0 Å². The number of carboxylic acid groups (broad SMARTS) is 1. The first-order valence-electron chi connectivity index (χ1n) is 7.36. The second-order valence-corrected chi connectivity index (χ2v) is 5.66. The van der Waals surface area contributed by atoms with Crippen LogP contribution in [0.1, 0.15) is 45.4 Å². The lowest BCUT2D eigenvalue weighted by Crippen LogP contribution is -2.54. The molecule has 2 fully saturated rings. The van der Waals surface area contributed by atoms with E-state index in [1.54, 1.807) is 0 Å². The molecule has 1 N–H and O–H groups in total. The Labute approximate surface area is 114 Å². The smallest absolute Gasteiger partial charge is 0.324 e. The maximum Gasteiger partial charge on any atom is 0.324 e. The van der Waals surface area contributed by atoms with Gasteiger partial charge in [0.2, 0.25) is 5.91 Å². The Morgan fingerprint density at radius 3 is 2.37 bits per heavy atom. The molecule has 0 aliphatic carbocycles. The number of hydrogen-bond acceptors (Lipinski definition) is 3. The summed E-state index contributed by atoms with van der Waals surface area (Å²) in [5.41, 5.74) is -0.814. The summed E-state index contributed by atoms with van der Waals surface area (Å²) < 4.78 is 0. The van der Waals surface area contributed by atoms with Gasteiger partial charge in [0.05, 0.1) is 6.54 Å². The van der Waals surface area contributed by atoms with Crippen molar-refractivity contribution in [2.45, 2.75) is 51.0 Å². The predicted molar refractivity (Wildman–Crippen MR) is 71.9 cm³/mol. The number of carbonyl (C=O) groups is 2. The maximum absolute atomic E-state index is 12.3. The minimum absolute atomic E-state index is 0.0978. The zero-order valence-electron chi connectivity index (χ0n) is 11.7. The second kappa shape index (κ2) is 5.90. The largest absolute Gasteiger partial charge is 0.480 e. The first-order chi connectivity index (χ1) is 9.10. The summed E-state index contributed by atoms with van der Waals surface area (Å²) in [7, 11) is 0. The average molecular weight is 268 g/mol. The molecule has 19 heavy (non-hydrogen) atoms. The van der Waals surface area contributed by atoms with Crippen LogP contribution in [0, 0.1) is 0 Å². The number of rotatable bonds is 4. The zero-order valence-corrected chi connectivity index (χ0v) is 11.7. The number of likely N-dealkylation sites (tertiary alicyclic amines) is 2. The van der Waals surface area contributed by atoms with E-state index in [9.17, 15) is 14.7 Å². The normalized spacial score (nSPS) is 28.6. The molecule has 1 unspecified atom stereocenters. The van der Waals surface area contributed by atoms with E-state index in [0.29, 0.717) is 12.8 Å². The molecule has 2 aliphatic rings. The number of hydrogen-bond donors (Lipinski definition) is 1. The van der Waals surface area contributed by atoms with Crippen molar-refractivity contribution in [3.05, 3.63) is 0 Å². The number of nitrogens with zero attached hydrogens (tertiary/aromatic N) is 2. The van der Waals surface area contributed by atoms with Gasteiger partial charge in [0, 0.05) is 13.1 Å². The third-order valence-corrected chi connectivity index (χ3v) is 4.64. The van der Waals surface area contributed by atoms with Gasteiger partial charge in [-0.05, 0) is 45.1 Å². The molecule has 108 valence electrons. The van der Waals surface area contributed by atoms with E-state index in [2.05, 4.69) is 0 Å². The minimum Gasteiger partial charge on any atom is -0.480 e. The molecular formula is C14H24N2O3. The lowest BCUT2D eigenvalue weighted by molar-refractivity contribution is -0.151. The van der Waals surface area contributed by atoms with Crippen LogP contribution in [-0.4, -0.2) is 58.5 Å². The van der Waals surface area contributed by atoms with Crippen molar-refractivity contribution < 1.29 is 14.7 Å². The Morgan fingerprint density at radius 2 is 1.79 bits per heavy atom. The molecule has 2 rings (SSSR count). The Hall–Kier alpha value is -1.10. The van der Waals surface area contributed by atoms with Crippen LogP contribution in [0.15, 0.2) is 0 Å². The molecule has 2 aliphatic heterocycles. The Kier molecular flexibility index (Phi) is 4.45. The predicted octanol–water partition coefficient (Wildman–Crippen LogP) is 1.33. The molecule has 0 radical (unpaired) electrons. The van der Waals surface area contributed by atoms with E-state index in [0.717, 1.165) is 38.9 Å². The van der Waals surface area contributed by atoms with Gasteiger partial charge in [-0.1, -0.05) is 6.92 Å². The van der Waals surface area contributed by atoms with Crippen LogP contribution >= 0.6 is 0 Å². The summed E-state index contributed by atoms with van der Waals surface area (Å²) in [6.07, 6.45) is 5.43. The standard InChI is InChI=1S/C14H24N2O3/c1-2-14(13(18)19)7-6-10-16(14)11-12(17)15-8-4-3-5-9-15/h2-11H2,1H3,(H,18,19). The fourth-order valence-corrected chi connectivity index (χ4v) is 3.37. The molecule has 1 amide bonds. The molecule has 0 aromatic rings. The number of amides is 1. The Morgan fingerprint density at radius 1 is 1.11 bits per heavy atom. The van der Waals surface area contributed by atoms with Crippen LogP contribution < -0.4 is 0 Å². The highest BCUT2D eigenvalue weighted by atomic mass is 16.4. The number of carboxylic acids is 1. The zero-order chi connectivity index (χ0) is 13.9. The van der Waals surface area contributed by atoms with Gasteiger partial charge in [0.25, 0.3) is 0 Å². The van der Waals surface area contributed by atoms with E-state index in [-0.39, 0.29) is 12.5 Å². The van der Waals surface area contributed by atoms with Crippen molar-refractivity contribution >= 4 is 11.9 Å². The van der Waals surface area contributed by atoms with Gasteiger partial charge >= 0.3 is 5.97 Å². The molecule has 0 saturated carbocycles. The molecule has 5 nitrogen and oxygen atoms in total. The van der Waals surface area contributed by atoms with Crippen LogP contribution in [0.4, 0.5) is 0 Å². The van der Waals surface area contributed by atoms with Gasteiger partial charge < -0.3 is 10.0 Å². The van der Waals surface area contributed by atoms with Crippen LogP contribution in [-0.2, 0) is 9.59 Å². The number of carbonyl (C=O) groups excluding carboxylic acids is 1. The van der Waals surface area contributed by atoms with Crippen molar-refractivity contribution in [1.82, 2.24) is 9.80 Å². The molecule has 0 aromatic carbocycles. The van der Waals surface area contributed by atoms with Gasteiger partial charge in [-0.2, -0.15) is 0 Å². The summed E-state index contributed by atoms with van der Waals surface area (Å²) in [6.45, 7) is 4.55. The van der Waals surface area contributed by atoms with Gasteiger partial charge in [-0.25, -0.2) is 0 Å². The number of aliphatic carboxylic acids is 1. The summed E-state index contributed by atoms with van der Waals surface area (Å²) in [6, 6.07) is 0. The summed E-state index contributed by atoms with van der Waals surface area (Å²) in [5, 5.41) is 9.49. The van der Waals surface area contributed by atoms with Crippen molar-refractivity contribution in [2.24, 2.45) is 0 Å². The third kappa shape index (κ3) is 2.76. The highest BCUT2D eigenvalue weighted by molar-refractivity contribution is 5.82. The molecule has 1 atom stereocenters. The van der Waals surface area contributed by atoms with Crippen molar-refractivity contribution in [2.75, 3.05) is 26.2 Å². The molecule has 2 heterocycles. The Bertz CT molecular complexity index is 353. The van der Waals surface area contributed by atoms with Crippen LogP contribution in [0.2, 0.25) is 0 Å². The highest BCUT2D eigenvalue weighted by Crippen LogP contribution is 2.32. The molecule has 0 spiro atoms. The van der Waals surface area contributed by atoms with Gasteiger partial charge in [-0.3, -0.25) is 14.5 Å². The molecule has 0 aromatic heterocycles. The van der Waals surface area contributed by atoms with Gasteiger partial charge in [0.15, 0.2) is 0 Å². The lowest BCUT2D eigenvalue weighted by Gasteiger charge is -2.35. The van der Waals surface area contributed by atoms with E-state index in [4.69, 9.17) is 0 Å². The van der Waals surface area contributed by atoms with Crippen LogP contribution in [0.5, 0.6) is 0 Å². The first kappa shape index (κ1) is 14.3. The van der Waals surface area contributed by atoms with Crippen molar-refractivity contribution in [3.63, 3.8) is 0 Å². The monoisotopic (exact) mass is 268 g/mol. The van der Waals surface area contributed by atoms with E-state index in [1.807, 2.05) is 16.7 Å². The molecule has 5 heteroatoms. The second-order valence-electron chi connectivity index (χ2n) is 5.66. The van der Waals surface area contributed by atoms with E-state index in [1.165, 1.54) is 6.42 Å². The topological polar surface area (TPSA) is 60.9 Å². The number of piperidine rings is 1. The van der Waals surface area contributed by atoms with E-state index >= 15 is 0 Å². The quantitative estimate of drug-likeness (QED) is 0.835. The van der Waals surface area contributed by atoms with Crippen molar-refractivity contribution in [3.8, 4) is 0 Å². The van der Waals surface area contributed by atoms with Gasteiger partial charge in [-0.15, -0.1) is 0 Å². The summed E-state index contributed by atoms with van der Waals surface area (Å²) >= 11 is 0.